The van der Waals surface area contributed by atoms with Crippen molar-refractivity contribution in [3.05, 3.63) is 35.9 Å². The molecular formula is C25H39N3O6S. The molecule has 1 aromatic rings. The third-order valence-corrected chi connectivity index (χ3v) is 5.95. The molecule has 0 saturated carbocycles. The molecule has 0 spiro atoms. The van der Waals surface area contributed by atoms with Gasteiger partial charge in [0.15, 0.2) is 0 Å². The van der Waals surface area contributed by atoms with Gasteiger partial charge in [-0.05, 0) is 50.7 Å². The summed E-state index contributed by atoms with van der Waals surface area (Å²) in [5.74, 6) is -1.95. The molecule has 0 radical (unpaired) electrons. The van der Waals surface area contributed by atoms with E-state index in [0.29, 0.717) is 18.6 Å². The Bertz CT molecular complexity index is 843. The number of benzene rings is 1. The first kappa shape index (κ1) is 30.3. The molecule has 0 bridgehead atoms. The molecule has 0 aliphatic carbocycles. The second kappa shape index (κ2) is 14.6. The lowest BCUT2D eigenvalue weighted by Gasteiger charge is -2.28. The standard InChI is InChI=1S/C25H39N3O6S/c1-7-16(2)20(22(30)26-19(23(31)32)15-17-11-9-8-10-12-17)28-21(29)18(13-14-35-6)27-24(33)34-25(3,4)5/h8-12,16,18-20H,7,13-15H2,1-6H3,(H,26,30)(H,27,33)(H,28,29)(H,31,32). The third-order valence-electron chi connectivity index (χ3n) is 5.31. The highest BCUT2D eigenvalue weighted by atomic mass is 32.2. The molecule has 0 aromatic heterocycles. The summed E-state index contributed by atoms with van der Waals surface area (Å²) in [5.41, 5.74) is 0.0389. The van der Waals surface area contributed by atoms with Gasteiger partial charge in [-0.3, -0.25) is 9.59 Å². The Hall–Kier alpha value is -2.75. The van der Waals surface area contributed by atoms with Gasteiger partial charge in [0.25, 0.3) is 0 Å². The Kier molecular flexibility index (Phi) is 12.6. The molecule has 9 nitrogen and oxygen atoms in total. The van der Waals surface area contributed by atoms with Crippen molar-refractivity contribution in [2.24, 2.45) is 5.92 Å². The number of ether oxygens (including phenoxy) is 1. The van der Waals surface area contributed by atoms with Crippen LogP contribution in [0.15, 0.2) is 30.3 Å². The molecule has 0 saturated heterocycles. The average molecular weight is 510 g/mol. The predicted molar refractivity (Wildman–Crippen MR) is 137 cm³/mol. The van der Waals surface area contributed by atoms with Crippen molar-refractivity contribution < 1.29 is 29.0 Å². The first-order valence-corrected chi connectivity index (χ1v) is 13.1. The van der Waals surface area contributed by atoms with E-state index in [2.05, 4.69) is 16.0 Å². The van der Waals surface area contributed by atoms with E-state index in [4.69, 9.17) is 4.74 Å². The van der Waals surface area contributed by atoms with Gasteiger partial charge in [-0.15, -0.1) is 0 Å². The van der Waals surface area contributed by atoms with Gasteiger partial charge >= 0.3 is 12.1 Å². The molecule has 3 amide bonds. The quantitative estimate of drug-likeness (QED) is 0.321. The number of amides is 3. The van der Waals surface area contributed by atoms with Gasteiger partial charge in [-0.25, -0.2) is 9.59 Å². The second-order valence-electron chi connectivity index (χ2n) is 9.44. The maximum absolute atomic E-state index is 13.1. The van der Waals surface area contributed by atoms with Crippen LogP contribution in [0.1, 0.15) is 53.0 Å². The SMILES string of the molecule is CCC(C)C(NC(=O)C(CCSC)NC(=O)OC(C)(C)C)C(=O)NC(Cc1ccccc1)C(=O)O. The van der Waals surface area contributed by atoms with Gasteiger partial charge in [0.1, 0.15) is 23.7 Å². The summed E-state index contributed by atoms with van der Waals surface area (Å²) in [6, 6.07) is 5.96. The smallest absolute Gasteiger partial charge is 0.408 e. The zero-order valence-corrected chi connectivity index (χ0v) is 22.2. The summed E-state index contributed by atoms with van der Waals surface area (Å²) in [5, 5.41) is 17.5. The maximum Gasteiger partial charge on any atom is 0.408 e. The first-order valence-electron chi connectivity index (χ1n) is 11.7. The number of nitrogens with one attached hydrogen (secondary N) is 3. The summed E-state index contributed by atoms with van der Waals surface area (Å²) in [6.45, 7) is 8.85. The van der Waals surface area contributed by atoms with Crippen LogP contribution < -0.4 is 16.0 Å². The van der Waals surface area contributed by atoms with E-state index >= 15 is 0 Å². The Morgan fingerprint density at radius 2 is 1.63 bits per heavy atom. The topological polar surface area (TPSA) is 134 Å². The van der Waals surface area contributed by atoms with Crippen molar-refractivity contribution >= 4 is 35.6 Å². The number of carbonyl (C=O) groups is 4. The van der Waals surface area contributed by atoms with Gasteiger partial charge in [0, 0.05) is 6.42 Å². The number of hydrogen-bond acceptors (Lipinski definition) is 6. The number of carboxylic acids is 1. The number of aliphatic carboxylic acids is 1. The van der Waals surface area contributed by atoms with Crippen LogP contribution in [0.25, 0.3) is 0 Å². The lowest BCUT2D eigenvalue weighted by molar-refractivity contribution is -0.142. The maximum atomic E-state index is 13.1. The molecule has 196 valence electrons. The number of rotatable bonds is 13. The normalized spacial score (nSPS) is 14.7. The average Bonchev–Trinajstić information content (AvgIpc) is 2.78. The van der Waals surface area contributed by atoms with Gasteiger partial charge in [-0.1, -0.05) is 50.6 Å². The monoisotopic (exact) mass is 509 g/mol. The molecule has 1 aromatic carbocycles. The molecule has 4 unspecified atom stereocenters. The number of thioether (sulfide) groups is 1. The highest BCUT2D eigenvalue weighted by molar-refractivity contribution is 7.98. The lowest BCUT2D eigenvalue weighted by atomic mass is 9.96. The Balaban J connectivity index is 2.99. The van der Waals surface area contributed by atoms with E-state index in [1.807, 2.05) is 19.2 Å². The lowest BCUT2D eigenvalue weighted by Crippen LogP contribution is -2.58. The van der Waals surface area contributed by atoms with E-state index in [1.54, 1.807) is 52.0 Å². The van der Waals surface area contributed by atoms with Crippen LogP contribution in [0.4, 0.5) is 4.79 Å². The number of hydrogen-bond donors (Lipinski definition) is 4. The zero-order chi connectivity index (χ0) is 26.6. The van der Waals surface area contributed by atoms with Crippen LogP contribution in [0, 0.1) is 5.92 Å². The fraction of sp³-hybridized carbons (Fsp3) is 0.600. The first-order chi connectivity index (χ1) is 16.4. The molecule has 0 fully saturated rings. The summed E-state index contributed by atoms with van der Waals surface area (Å²) in [4.78, 5) is 50.3. The summed E-state index contributed by atoms with van der Waals surface area (Å²) in [6.07, 6.45) is 2.18. The molecule has 4 atom stereocenters. The minimum absolute atomic E-state index is 0.111. The van der Waals surface area contributed by atoms with E-state index in [0.717, 1.165) is 5.56 Å². The molecule has 0 heterocycles. The van der Waals surface area contributed by atoms with Crippen molar-refractivity contribution in [2.75, 3.05) is 12.0 Å². The van der Waals surface area contributed by atoms with Crippen molar-refractivity contribution in [3.63, 3.8) is 0 Å². The van der Waals surface area contributed by atoms with Crippen LogP contribution in [0.3, 0.4) is 0 Å². The van der Waals surface area contributed by atoms with Gasteiger partial charge in [0.05, 0.1) is 0 Å². The van der Waals surface area contributed by atoms with Gasteiger partial charge in [-0.2, -0.15) is 11.8 Å². The molecule has 35 heavy (non-hydrogen) atoms. The summed E-state index contributed by atoms with van der Waals surface area (Å²) >= 11 is 1.52. The highest BCUT2D eigenvalue weighted by Gasteiger charge is 2.32. The molecule has 1 rings (SSSR count). The molecular weight excluding hydrogens is 470 g/mol. The fourth-order valence-corrected chi connectivity index (χ4v) is 3.69. The zero-order valence-electron chi connectivity index (χ0n) is 21.4. The van der Waals surface area contributed by atoms with Crippen molar-refractivity contribution in [3.8, 4) is 0 Å². The highest BCUT2D eigenvalue weighted by Crippen LogP contribution is 2.12. The van der Waals surface area contributed by atoms with Crippen molar-refractivity contribution in [1.29, 1.82) is 0 Å². The van der Waals surface area contributed by atoms with Crippen LogP contribution in [-0.4, -0.2) is 64.7 Å². The largest absolute Gasteiger partial charge is 0.480 e. The van der Waals surface area contributed by atoms with Gasteiger partial charge < -0.3 is 25.8 Å². The van der Waals surface area contributed by atoms with Crippen molar-refractivity contribution in [1.82, 2.24) is 16.0 Å². The van der Waals surface area contributed by atoms with E-state index < -0.39 is 47.6 Å². The van der Waals surface area contributed by atoms with Crippen LogP contribution in [0.5, 0.6) is 0 Å². The Labute approximate surface area is 212 Å². The minimum atomic E-state index is -1.17. The molecule has 0 aliphatic rings. The third kappa shape index (κ3) is 11.5. The van der Waals surface area contributed by atoms with Crippen molar-refractivity contribution in [2.45, 2.75) is 77.6 Å². The number of alkyl carbamates (subject to hydrolysis) is 1. The van der Waals surface area contributed by atoms with Crippen LogP contribution >= 0.6 is 11.8 Å². The Morgan fingerprint density at radius 1 is 1.00 bits per heavy atom. The van der Waals surface area contributed by atoms with E-state index in [9.17, 15) is 24.3 Å². The van der Waals surface area contributed by atoms with Gasteiger partial charge in [0.2, 0.25) is 11.8 Å². The van der Waals surface area contributed by atoms with E-state index in [1.165, 1.54) is 11.8 Å². The predicted octanol–water partition coefficient (Wildman–Crippen LogP) is 2.98. The second-order valence-corrected chi connectivity index (χ2v) is 10.4. The summed E-state index contributed by atoms with van der Waals surface area (Å²) < 4.78 is 5.27. The summed E-state index contributed by atoms with van der Waals surface area (Å²) in [7, 11) is 0. The number of carbonyl (C=O) groups excluding carboxylic acids is 3. The Morgan fingerprint density at radius 3 is 2.14 bits per heavy atom. The molecule has 0 aliphatic heterocycles. The van der Waals surface area contributed by atoms with E-state index in [-0.39, 0.29) is 12.3 Å². The van der Waals surface area contributed by atoms with Crippen LogP contribution in [-0.2, 0) is 25.5 Å². The van der Waals surface area contributed by atoms with Crippen LogP contribution in [0.2, 0.25) is 0 Å². The minimum Gasteiger partial charge on any atom is -0.480 e. The fourth-order valence-electron chi connectivity index (χ4n) is 3.22. The molecule has 4 N–H and O–H groups in total. The molecule has 10 heteroatoms. The number of carboxylic acid groups (broad SMARTS) is 1.